The van der Waals surface area contributed by atoms with E-state index in [0.29, 0.717) is 0 Å². The molecular weight excluding hydrogens is 160 g/mol. The van der Waals surface area contributed by atoms with Crippen molar-refractivity contribution in [2.75, 3.05) is 0 Å². The molecule has 1 aliphatic heterocycles. The highest BCUT2D eigenvalue weighted by atomic mass is 16.5. The Morgan fingerprint density at radius 1 is 1.15 bits per heavy atom. The number of allylic oxidation sites excluding steroid dienone is 2. The minimum absolute atomic E-state index is 0.730. The van der Waals surface area contributed by atoms with Crippen LogP contribution in [0.5, 0.6) is 5.75 Å². The van der Waals surface area contributed by atoms with Crippen LogP contribution >= 0.6 is 0 Å². The maximum Gasteiger partial charge on any atom is 0.130 e. The Hall–Kier alpha value is -1.24. The lowest BCUT2D eigenvalue weighted by Crippen LogP contribution is -2.05. The van der Waals surface area contributed by atoms with Gasteiger partial charge in [-0.2, -0.15) is 0 Å². The number of rotatable bonds is 1. The summed E-state index contributed by atoms with van der Waals surface area (Å²) in [4.78, 5) is 0. The van der Waals surface area contributed by atoms with E-state index in [9.17, 15) is 0 Å². The van der Waals surface area contributed by atoms with Gasteiger partial charge in [-0.3, -0.25) is 0 Å². The van der Waals surface area contributed by atoms with Gasteiger partial charge in [0.15, 0.2) is 0 Å². The number of hydrogen-bond donors (Lipinski definition) is 0. The fourth-order valence-electron chi connectivity index (χ4n) is 1.77. The van der Waals surface area contributed by atoms with E-state index in [2.05, 4.69) is 24.3 Å². The van der Waals surface area contributed by atoms with E-state index in [4.69, 9.17) is 4.74 Å². The number of para-hydroxylation sites is 1. The lowest BCUT2D eigenvalue weighted by molar-refractivity contribution is 0.380. The summed E-state index contributed by atoms with van der Waals surface area (Å²) < 4.78 is 5.82. The molecule has 13 heavy (non-hydrogen) atoms. The van der Waals surface area contributed by atoms with Crippen LogP contribution in [0.2, 0.25) is 0 Å². The Morgan fingerprint density at radius 3 is 2.85 bits per heavy atom. The fraction of sp³-hybridized carbons (Fsp3) is 0.333. The predicted molar refractivity (Wildman–Crippen MR) is 51.6 cm³/mol. The van der Waals surface area contributed by atoms with Crippen molar-refractivity contribution in [1.82, 2.24) is 0 Å². The molecule has 3 rings (SSSR count). The van der Waals surface area contributed by atoms with Crippen molar-refractivity contribution in [1.29, 1.82) is 0 Å². The van der Waals surface area contributed by atoms with Crippen LogP contribution in [0.3, 0.4) is 0 Å². The highest BCUT2D eigenvalue weighted by Gasteiger charge is 2.29. The molecule has 0 atom stereocenters. The zero-order valence-electron chi connectivity index (χ0n) is 7.49. The molecule has 0 radical (unpaired) electrons. The van der Waals surface area contributed by atoms with E-state index in [1.807, 2.05) is 6.07 Å². The molecule has 0 spiro atoms. The zero-order chi connectivity index (χ0) is 8.67. The zero-order valence-corrected chi connectivity index (χ0v) is 7.49. The number of fused-ring (bicyclic) bond motifs is 1. The maximum atomic E-state index is 5.82. The van der Waals surface area contributed by atoms with Gasteiger partial charge in [-0.25, -0.2) is 0 Å². The highest BCUT2D eigenvalue weighted by Crippen LogP contribution is 2.40. The van der Waals surface area contributed by atoms with Gasteiger partial charge in [0.05, 0.1) is 0 Å². The second-order valence-electron chi connectivity index (χ2n) is 3.79. The van der Waals surface area contributed by atoms with Gasteiger partial charge in [0.2, 0.25) is 0 Å². The molecule has 1 aromatic rings. The van der Waals surface area contributed by atoms with Crippen LogP contribution in [0.15, 0.2) is 36.1 Å². The number of benzene rings is 1. The van der Waals surface area contributed by atoms with Crippen LogP contribution in [0.1, 0.15) is 18.4 Å². The standard InChI is InChI=1S/C12H12O/c1-2-4-11-9(3-1)7-8-12(13-11)10-5-6-10/h1-4,8,10H,5-7H2. The number of hydrogen-bond acceptors (Lipinski definition) is 1. The molecule has 1 aliphatic carbocycles. The van der Waals surface area contributed by atoms with Crippen molar-refractivity contribution < 1.29 is 4.74 Å². The second-order valence-corrected chi connectivity index (χ2v) is 3.79. The van der Waals surface area contributed by atoms with E-state index < -0.39 is 0 Å². The smallest absolute Gasteiger partial charge is 0.130 e. The van der Waals surface area contributed by atoms with Crippen LogP contribution in [-0.4, -0.2) is 0 Å². The van der Waals surface area contributed by atoms with Gasteiger partial charge in [0.25, 0.3) is 0 Å². The van der Waals surface area contributed by atoms with E-state index in [0.717, 1.165) is 18.1 Å². The average Bonchev–Trinajstić information content (AvgIpc) is 3.00. The van der Waals surface area contributed by atoms with Gasteiger partial charge >= 0.3 is 0 Å². The Balaban J connectivity index is 1.92. The first-order valence-electron chi connectivity index (χ1n) is 4.89. The van der Waals surface area contributed by atoms with Crippen LogP contribution < -0.4 is 4.74 Å². The summed E-state index contributed by atoms with van der Waals surface area (Å²) in [6, 6.07) is 8.30. The summed E-state index contributed by atoms with van der Waals surface area (Å²) in [6.45, 7) is 0. The summed E-state index contributed by atoms with van der Waals surface area (Å²) >= 11 is 0. The molecule has 0 aromatic heterocycles. The van der Waals surface area contributed by atoms with E-state index >= 15 is 0 Å². The van der Waals surface area contributed by atoms with E-state index in [-0.39, 0.29) is 0 Å². The highest BCUT2D eigenvalue weighted by molar-refractivity contribution is 5.39. The van der Waals surface area contributed by atoms with Crippen molar-refractivity contribution >= 4 is 0 Å². The van der Waals surface area contributed by atoms with Crippen molar-refractivity contribution in [3.8, 4) is 5.75 Å². The Morgan fingerprint density at radius 2 is 2.00 bits per heavy atom. The quantitative estimate of drug-likeness (QED) is 0.633. The molecular formula is C12H12O. The molecule has 1 nitrogen and oxygen atoms in total. The summed E-state index contributed by atoms with van der Waals surface area (Å²) in [5.74, 6) is 3.00. The van der Waals surface area contributed by atoms with E-state index in [1.165, 1.54) is 24.2 Å². The monoisotopic (exact) mass is 172 g/mol. The lowest BCUT2D eigenvalue weighted by Gasteiger charge is -2.17. The molecule has 1 heteroatoms. The number of ether oxygens (including phenoxy) is 1. The summed E-state index contributed by atoms with van der Waals surface area (Å²) in [7, 11) is 0. The van der Waals surface area contributed by atoms with Gasteiger partial charge in [-0.1, -0.05) is 18.2 Å². The lowest BCUT2D eigenvalue weighted by atomic mass is 10.1. The van der Waals surface area contributed by atoms with Crippen molar-refractivity contribution in [2.24, 2.45) is 5.92 Å². The summed E-state index contributed by atoms with van der Waals surface area (Å²) in [5, 5.41) is 0. The molecule has 0 amide bonds. The first-order valence-corrected chi connectivity index (χ1v) is 4.89. The predicted octanol–water partition coefficient (Wildman–Crippen LogP) is 2.92. The van der Waals surface area contributed by atoms with Crippen LogP contribution in [0, 0.1) is 5.92 Å². The third-order valence-corrected chi connectivity index (χ3v) is 2.70. The molecule has 1 heterocycles. The molecule has 0 saturated heterocycles. The van der Waals surface area contributed by atoms with Gasteiger partial charge in [0, 0.05) is 5.92 Å². The summed E-state index contributed by atoms with van der Waals surface area (Å²) in [5.41, 5.74) is 1.31. The normalized spacial score (nSPS) is 20.2. The fourth-order valence-corrected chi connectivity index (χ4v) is 1.77. The van der Waals surface area contributed by atoms with Crippen LogP contribution in [-0.2, 0) is 6.42 Å². The van der Waals surface area contributed by atoms with Gasteiger partial charge < -0.3 is 4.74 Å². The maximum absolute atomic E-state index is 5.82. The van der Waals surface area contributed by atoms with Crippen LogP contribution in [0.25, 0.3) is 0 Å². The topological polar surface area (TPSA) is 9.23 Å². The summed E-state index contributed by atoms with van der Waals surface area (Å²) in [6.07, 6.45) is 5.91. The molecule has 1 fully saturated rings. The second kappa shape index (κ2) is 2.63. The largest absolute Gasteiger partial charge is 0.461 e. The minimum atomic E-state index is 0.730. The van der Waals surface area contributed by atoms with Crippen molar-refractivity contribution in [2.45, 2.75) is 19.3 Å². The van der Waals surface area contributed by atoms with Gasteiger partial charge in [-0.05, 0) is 37.0 Å². The SMILES string of the molecule is C1=C(C2CC2)Oc2ccccc2C1. The Labute approximate surface area is 78.0 Å². The molecule has 0 N–H and O–H groups in total. The Kier molecular flexibility index (Phi) is 1.45. The molecule has 66 valence electrons. The molecule has 0 bridgehead atoms. The Bertz CT molecular complexity index is 361. The third-order valence-electron chi connectivity index (χ3n) is 2.70. The third kappa shape index (κ3) is 1.24. The molecule has 0 unspecified atom stereocenters. The van der Waals surface area contributed by atoms with Crippen molar-refractivity contribution in [3.63, 3.8) is 0 Å². The van der Waals surface area contributed by atoms with Gasteiger partial charge in [-0.15, -0.1) is 0 Å². The minimum Gasteiger partial charge on any atom is -0.461 e. The van der Waals surface area contributed by atoms with Crippen LogP contribution in [0.4, 0.5) is 0 Å². The average molecular weight is 172 g/mol. The first kappa shape index (κ1) is 7.19. The van der Waals surface area contributed by atoms with E-state index in [1.54, 1.807) is 0 Å². The molecule has 2 aliphatic rings. The van der Waals surface area contributed by atoms with Crippen molar-refractivity contribution in [3.05, 3.63) is 41.7 Å². The van der Waals surface area contributed by atoms with Gasteiger partial charge in [0.1, 0.15) is 11.5 Å². The molecule has 1 aromatic carbocycles. The molecule has 1 saturated carbocycles. The first-order chi connectivity index (χ1) is 6.43.